The van der Waals surface area contributed by atoms with Crippen LogP contribution in [-0.4, -0.2) is 31.8 Å². The van der Waals surface area contributed by atoms with Crippen molar-refractivity contribution >= 4 is 23.1 Å². The van der Waals surface area contributed by atoms with Crippen LogP contribution in [0.1, 0.15) is 11.3 Å². The molecule has 33 heavy (non-hydrogen) atoms. The van der Waals surface area contributed by atoms with Crippen molar-refractivity contribution in [3.05, 3.63) is 95.8 Å². The van der Waals surface area contributed by atoms with Gasteiger partial charge in [-0.05, 0) is 29.8 Å². The fraction of sp³-hybridized carbons (Fsp3) is 0.120. The molecule has 0 unspecified atom stereocenters. The van der Waals surface area contributed by atoms with Crippen molar-refractivity contribution in [1.82, 2.24) is 24.7 Å². The lowest BCUT2D eigenvalue weighted by Crippen LogP contribution is -2.04. The summed E-state index contributed by atoms with van der Waals surface area (Å²) >= 11 is 3.27. The molecule has 0 aliphatic heterocycles. The zero-order valence-electron chi connectivity index (χ0n) is 18.0. The predicted octanol–water partition coefficient (Wildman–Crippen LogP) is 5.81. The molecule has 0 saturated heterocycles. The van der Waals surface area contributed by atoms with Gasteiger partial charge >= 0.3 is 0 Å². The van der Waals surface area contributed by atoms with Gasteiger partial charge in [-0.3, -0.25) is 9.55 Å². The summed E-state index contributed by atoms with van der Waals surface area (Å²) in [5.74, 6) is 2.35. The highest BCUT2D eigenvalue weighted by Gasteiger charge is 2.16. The van der Waals surface area contributed by atoms with E-state index in [1.54, 1.807) is 36.4 Å². The zero-order valence-corrected chi connectivity index (χ0v) is 19.6. The molecule has 0 saturated carbocycles. The van der Waals surface area contributed by atoms with E-state index in [0.717, 1.165) is 38.6 Å². The van der Waals surface area contributed by atoms with Gasteiger partial charge in [0.25, 0.3) is 0 Å². The lowest BCUT2D eigenvalue weighted by atomic mass is 10.2. The minimum absolute atomic E-state index is 0.687. The Bertz CT molecular complexity index is 1340. The number of hydrogen-bond donors (Lipinski definition) is 0. The van der Waals surface area contributed by atoms with E-state index < -0.39 is 0 Å². The van der Waals surface area contributed by atoms with Crippen LogP contribution in [0.5, 0.6) is 5.75 Å². The second-order valence-corrected chi connectivity index (χ2v) is 9.08. The molecule has 3 heterocycles. The molecule has 0 atom stereocenters. The van der Waals surface area contributed by atoms with Crippen LogP contribution in [0, 0.1) is 0 Å². The Hall–Kier alpha value is -3.49. The zero-order chi connectivity index (χ0) is 22.5. The molecule has 0 aliphatic carbocycles. The maximum absolute atomic E-state index is 5.34. The number of thioether (sulfide) groups is 1. The van der Waals surface area contributed by atoms with Crippen LogP contribution >= 0.6 is 23.1 Å². The van der Waals surface area contributed by atoms with Crippen molar-refractivity contribution in [3.8, 4) is 27.7 Å². The number of hydrogen-bond acceptors (Lipinski definition) is 7. The topological polar surface area (TPSA) is 65.7 Å². The number of ether oxygens (including phenoxy) is 1. The van der Waals surface area contributed by atoms with Gasteiger partial charge in [0, 0.05) is 34.7 Å². The maximum atomic E-state index is 5.34. The smallest absolute Gasteiger partial charge is 0.192 e. The van der Waals surface area contributed by atoms with Crippen molar-refractivity contribution in [2.45, 2.75) is 17.5 Å². The second kappa shape index (κ2) is 9.97. The van der Waals surface area contributed by atoms with Gasteiger partial charge in [-0.1, -0.05) is 54.2 Å². The number of benzene rings is 2. The SMILES string of the molecule is COc1cccc(-c2nc(CSc3nnc(-c4cccnc4)n3Cc3ccccc3)cs2)c1. The normalized spacial score (nSPS) is 10.9. The minimum Gasteiger partial charge on any atom is -0.497 e. The van der Waals surface area contributed by atoms with E-state index >= 15 is 0 Å². The summed E-state index contributed by atoms with van der Waals surface area (Å²) in [6, 6.07) is 22.2. The average Bonchev–Trinajstić information content (AvgIpc) is 3.51. The Morgan fingerprint density at radius 1 is 0.970 bits per heavy atom. The highest BCUT2D eigenvalue weighted by Crippen LogP contribution is 2.31. The van der Waals surface area contributed by atoms with Crippen molar-refractivity contribution in [3.63, 3.8) is 0 Å². The monoisotopic (exact) mass is 471 g/mol. The van der Waals surface area contributed by atoms with E-state index in [2.05, 4.69) is 43.3 Å². The summed E-state index contributed by atoms with van der Waals surface area (Å²) in [6.45, 7) is 0.687. The third kappa shape index (κ3) is 4.97. The molecular weight excluding hydrogens is 450 g/mol. The minimum atomic E-state index is 0.687. The maximum Gasteiger partial charge on any atom is 0.192 e. The molecule has 0 spiro atoms. The molecule has 8 heteroatoms. The number of pyridine rings is 1. The molecule has 0 N–H and O–H groups in total. The van der Waals surface area contributed by atoms with E-state index in [0.29, 0.717) is 12.3 Å². The Kier molecular flexibility index (Phi) is 6.46. The van der Waals surface area contributed by atoms with Crippen LogP contribution in [0.15, 0.2) is 89.7 Å². The van der Waals surface area contributed by atoms with Gasteiger partial charge in [-0.25, -0.2) is 4.98 Å². The summed E-state index contributed by atoms with van der Waals surface area (Å²) < 4.78 is 7.48. The molecular formula is C25H21N5OS2. The van der Waals surface area contributed by atoms with Gasteiger partial charge in [0.15, 0.2) is 11.0 Å². The van der Waals surface area contributed by atoms with E-state index in [1.807, 2.05) is 54.7 Å². The molecule has 5 rings (SSSR count). The number of thiazole rings is 1. The van der Waals surface area contributed by atoms with E-state index in [1.165, 1.54) is 5.56 Å². The molecule has 6 nitrogen and oxygen atoms in total. The van der Waals surface area contributed by atoms with E-state index in [9.17, 15) is 0 Å². The first-order chi connectivity index (χ1) is 16.3. The van der Waals surface area contributed by atoms with Crippen molar-refractivity contribution in [2.24, 2.45) is 0 Å². The highest BCUT2D eigenvalue weighted by molar-refractivity contribution is 7.98. The van der Waals surface area contributed by atoms with Gasteiger partial charge in [0.05, 0.1) is 19.3 Å². The van der Waals surface area contributed by atoms with Crippen LogP contribution < -0.4 is 4.74 Å². The van der Waals surface area contributed by atoms with Crippen LogP contribution in [-0.2, 0) is 12.3 Å². The van der Waals surface area contributed by atoms with Crippen molar-refractivity contribution in [1.29, 1.82) is 0 Å². The summed E-state index contributed by atoms with van der Waals surface area (Å²) in [5.41, 5.74) is 4.21. The van der Waals surface area contributed by atoms with Gasteiger partial charge < -0.3 is 4.74 Å². The lowest BCUT2D eigenvalue weighted by molar-refractivity contribution is 0.415. The van der Waals surface area contributed by atoms with Gasteiger partial charge in [-0.15, -0.1) is 21.5 Å². The molecule has 0 amide bonds. The number of rotatable bonds is 8. The highest BCUT2D eigenvalue weighted by atomic mass is 32.2. The van der Waals surface area contributed by atoms with Gasteiger partial charge in [0.2, 0.25) is 0 Å². The lowest BCUT2D eigenvalue weighted by Gasteiger charge is -2.10. The van der Waals surface area contributed by atoms with Crippen molar-refractivity contribution in [2.75, 3.05) is 7.11 Å². The van der Waals surface area contributed by atoms with E-state index in [4.69, 9.17) is 9.72 Å². The van der Waals surface area contributed by atoms with Crippen LogP contribution in [0.25, 0.3) is 22.0 Å². The number of methoxy groups -OCH3 is 1. The summed E-state index contributed by atoms with van der Waals surface area (Å²) in [4.78, 5) is 9.07. The first-order valence-electron chi connectivity index (χ1n) is 10.4. The molecule has 0 aliphatic rings. The molecule has 0 radical (unpaired) electrons. The fourth-order valence-corrected chi connectivity index (χ4v) is 5.17. The first-order valence-corrected chi connectivity index (χ1v) is 12.3. The van der Waals surface area contributed by atoms with Crippen LogP contribution in [0.3, 0.4) is 0 Å². The average molecular weight is 472 g/mol. The van der Waals surface area contributed by atoms with Crippen LogP contribution in [0.2, 0.25) is 0 Å². The third-order valence-electron chi connectivity index (χ3n) is 5.04. The predicted molar refractivity (Wildman–Crippen MR) is 132 cm³/mol. The first kappa shape index (κ1) is 21.4. The molecule has 2 aromatic carbocycles. The third-order valence-corrected chi connectivity index (χ3v) is 6.98. The Balaban J connectivity index is 1.38. The fourth-order valence-electron chi connectivity index (χ4n) is 3.41. The van der Waals surface area contributed by atoms with E-state index in [-0.39, 0.29) is 0 Å². The Morgan fingerprint density at radius 2 is 1.85 bits per heavy atom. The molecule has 164 valence electrons. The molecule has 0 bridgehead atoms. The van der Waals surface area contributed by atoms with Gasteiger partial charge in [-0.2, -0.15) is 0 Å². The number of aromatic nitrogens is 5. The molecule has 3 aromatic heterocycles. The summed E-state index contributed by atoms with van der Waals surface area (Å²) in [7, 11) is 1.67. The number of nitrogens with zero attached hydrogens (tertiary/aromatic N) is 5. The molecule has 0 fully saturated rings. The summed E-state index contributed by atoms with van der Waals surface area (Å²) in [5, 5.41) is 12.9. The van der Waals surface area contributed by atoms with Crippen LogP contribution in [0.4, 0.5) is 0 Å². The summed E-state index contributed by atoms with van der Waals surface area (Å²) in [6.07, 6.45) is 3.58. The van der Waals surface area contributed by atoms with Crippen molar-refractivity contribution < 1.29 is 4.74 Å². The molecule has 5 aromatic rings. The Morgan fingerprint density at radius 3 is 2.67 bits per heavy atom. The largest absolute Gasteiger partial charge is 0.497 e. The Labute approximate surface area is 200 Å². The standard InChI is InChI=1S/C25H21N5OS2/c1-31-22-11-5-9-19(13-22)24-27-21(16-32-24)17-33-25-29-28-23(20-10-6-12-26-14-20)30(25)15-18-7-3-2-4-8-18/h2-14,16H,15,17H2,1H3. The quantitative estimate of drug-likeness (QED) is 0.266. The second-order valence-electron chi connectivity index (χ2n) is 7.28. The van der Waals surface area contributed by atoms with Gasteiger partial charge in [0.1, 0.15) is 10.8 Å².